The van der Waals surface area contributed by atoms with E-state index >= 15 is 0 Å². The van der Waals surface area contributed by atoms with Gasteiger partial charge in [0, 0.05) is 37.3 Å². The van der Waals surface area contributed by atoms with E-state index in [-0.39, 0.29) is 48.8 Å². The third-order valence-corrected chi connectivity index (χ3v) is 5.01. The molecule has 2 heterocycles. The molecule has 0 unspecified atom stereocenters. The van der Waals surface area contributed by atoms with Crippen molar-refractivity contribution in [3.05, 3.63) is 53.0 Å². The number of carbonyl (C=O) groups excluding carboxylic acids is 2. The van der Waals surface area contributed by atoms with Crippen LogP contribution in [0.15, 0.2) is 28.9 Å². The fourth-order valence-electron chi connectivity index (χ4n) is 3.45. The Labute approximate surface area is 161 Å². The number of amides is 2. The van der Waals surface area contributed by atoms with Crippen molar-refractivity contribution < 1.29 is 22.8 Å². The number of halogens is 2. The molecular formula is C20H23F2N3O3. The lowest BCUT2D eigenvalue weighted by Gasteiger charge is -2.39. The van der Waals surface area contributed by atoms with Crippen LogP contribution in [0.3, 0.4) is 0 Å². The molecule has 0 spiro atoms. The first-order valence-corrected chi connectivity index (χ1v) is 9.12. The molecule has 1 atom stereocenters. The summed E-state index contributed by atoms with van der Waals surface area (Å²) < 4.78 is 32.6. The molecule has 2 aromatic rings. The minimum atomic E-state index is -0.969. The van der Waals surface area contributed by atoms with Crippen molar-refractivity contribution in [2.45, 2.75) is 32.7 Å². The van der Waals surface area contributed by atoms with Gasteiger partial charge >= 0.3 is 0 Å². The zero-order valence-electron chi connectivity index (χ0n) is 16.0. The number of carbonyl (C=O) groups is 2. The average molecular weight is 391 g/mol. The van der Waals surface area contributed by atoms with Crippen molar-refractivity contribution in [2.75, 3.05) is 25.4 Å². The maximum atomic E-state index is 13.7. The van der Waals surface area contributed by atoms with Crippen LogP contribution in [0.5, 0.6) is 0 Å². The van der Waals surface area contributed by atoms with Crippen molar-refractivity contribution in [1.82, 2.24) is 9.80 Å². The maximum absolute atomic E-state index is 13.7. The third kappa shape index (κ3) is 3.58. The number of hydrogen-bond acceptors (Lipinski definition) is 4. The van der Waals surface area contributed by atoms with E-state index in [0.29, 0.717) is 11.8 Å². The van der Waals surface area contributed by atoms with Crippen molar-refractivity contribution >= 4 is 17.5 Å². The lowest BCUT2D eigenvalue weighted by atomic mass is 10.0. The molecule has 6 nitrogen and oxygen atoms in total. The van der Waals surface area contributed by atoms with E-state index in [9.17, 15) is 18.4 Å². The minimum Gasteiger partial charge on any atom is -0.459 e. The molecule has 1 aromatic heterocycles. The lowest BCUT2D eigenvalue weighted by Crippen LogP contribution is -2.55. The van der Waals surface area contributed by atoms with Crippen LogP contribution in [0.1, 0.15) is 53.2 Å². The highest BCUT2D eigenvalue weighted by molar-refractivity contribution is 6.00. The quantitative estimate of drug-likeness (QED) is 0.815. The number of piperazine rings is 1. The first-order chi connectivity index (χ1) is 13.2. The molecule has 1 aliphatic heterocycles. The molecular weight excluding hydrogens is 368 g/mol. The number of nitrogens with zero attached hydrogens (tertiary/aromatic N) is 2. The summed E-state index contributed by atoms with van der Waals surface area (Å²) in [7, 11) is 0. The molecule has 150 valence electrons. The van der Waals surface area contributed by atoms with Gasteiger partial charge in [0.05, 0.1) is 17.5 Å². The third-order valence-electron chi connectivity index (χ3n) is 5.01. The van der Waals surface area contributed by atoms with Gasteiger partial charge in [-0.15, -0.1) is 0 Å². The Balaban J connectivity index is 1.76. The van der Waals surface area contributed by atoms with Crippen molar-refractivity contribution in [3.63, 3.8) is 0 Å². The van der Waals surface area contributed by atoms with Gasteiger partial charge in [0.15, 0.2) is 5.76 Å². The van der Waals surface area contributed by atoms with Crippen LogP contribution in [0.25, 0.3) is 0 Å². The number of anilines is 1. The van der Waals surface area contributed by atoms with Crippen molar-refractivity contribution in [1.29, 1.82) is 0 Å². The molecule has 0 aliphatic carbocycles. The molecule has 2 N–H and O–H groups in total. The summed E-state index contributed by atoms with van der Waals surface area (Å²) in [5.41, 5.74) is 5.86. The summed E-state index contributed by atoms with van der Waals surface area (Å²) in [5.74, 6) is -2.18. The largest absolute Gasteiger partial charge is 0.459 e. The van der Waals surface area contributed by atoms with Gasteiger partial charge in [-0.2, -0.15) is 0 Å². The predicted molar refractivity (Wildman–Crippen MR) is 100.0 cm³/mol. The van der Waals surface area contributed by atoms with E-state index in [1.165, 1.54) is 11.2 Å². The Kier molecular flexibility index (Phi) is 5.40. The Morgan fingerprint density at radius 3 is 2.57 bits per heavy atom. The van der Waals surface area contributed by atoms with Crippen LogP contribution < -0.4 is 5.73 Å². The van der Waals surface area contributed by atoms with E-state index in [2.05, 4.69) is 0 Å². The second kappa shape index (κ2) is 7.61. The van der Waals surface area contributed by atoms with Gasteiger partial charge in [-0.25, -0.2) is 8.78 Å². The predicted octanol–water partition coefficient (Wildman–Crippen LogP) is 3.25. The van der Waals surface area contributed by atoms with Gasteiger partial charge in [-0.05, 0) is 25.0 Å². The van der Waals surface area contributed by atoms with E-state index in [1.807, 2.05) is 13.8 Å². The minimum absolute atomic E-state index is 0.142. The number of rotatable bonds is 3. The summed E-state index contributed by atoms with van der Waals surface area (Å²) >= 11 is 0. The fraction of sp³-hybridized carbons (Fsp3) is 0.400. The molecule has 1 saturated heterocycles. The number of furan rings is 1. The number of nitrogens with two attached hydrogens (primary N) is 1. The van der Waals surface area contributed by atoms with Crippen LogP contribution in [0, 0.1) is 11.6 Å². The first-order valence-electron chi connectivity index (χ1n) is 9.12. The smallest absolute Gasteiger partial charge is 0.289 e. The van der Waals surface area contributed by atoms with Crippen LogP contribution in [-0.2, 0) is 0 Å². The first kappa shape index (κ1) is 19.9. The Morgan fingerprint density at radius 1 is 1.21 bits per heavy atom. The molecule has 0 bridgehead atoms. The average Bonchev–Trinajstić information content (AvgIpc) is 3.13. The highest BCUT2D eigenvalue weighted by Crippen LogP contribution is 2.25. The van der Waals surface area contributed by atoms with Gasteiger partial charge in [0.1, 0.15) is 11.6 Å². The molecule has 1 aromatic carbocycles. The molecule has 0 radical (unpaired) electrons. The molecule has 1 aliphatic rings. The Bertz CT molecular complexity index is 910. The Hall–Kier alpha value is -2.90. The maximum Gasteiger partial charge on any atom is 0.289 e. The molecule has 28 heavy (non-hydrogen) atoms. The van der Waals surface area contributed by atoms with Gasteiger partial charge < -0.3 is 20.0 Å². The normalized spacial score (nSPS) is 17.3. The van der Waals surface area contributed by atoms with Gasteiger partial charge in [0.25, 0.3) is 11.8 Å². The van der Waals surface area contributed by atoms with E-state index in [1.54, 1.807) is 17.9 Å². The monoisotopic (exact) mass is 391 g/mol. The van der Waals surface area contributed by atoms with E-state index in [0.717, 1.165) is 11.6 Å². The van der Waals surface area contributed by atoms with Crippen LogP contribution in [0.4, 0.5) is 14.5 Å². The summed E-state index contributed by atoms with van der Waals surface area (Å²) in [4.78, 5) is 28.7. The fourth-order valence-corrected chi connectivity index (χ4v) is 3.45. The molecule has 8 heteroatoms. The second-order valence-corrected chi connectivity index (χ2v) is 7.31. The Morgan fingerprint density at radius 2 is 1.93 bits per heavy atom. The zero-order chi connectivity index (χ0) is 20.6. The SMILES string of the molecule is CC(C)c1ccoc1C(=O)N1CCN(C(=O)c2cc(F)cc(F)c2N)[C@@H](C)C1. The van der Waals surface area contributed by atoms with Gasteiger partial charge in [0.2, 0.25) is 0 Å². The van der Waals surface area contributed by atoms with Gasteiger partial charge in [-0.3, -0.25) is 9.59 Å². The van der Waals surface area contributed by atoms with Crippen molar-refractivity contribution in [3.8, 4) is 0 Å². The molecule has 1 fully saturated rings. The number of benzene rings is 1. The summed E-state index contributed by atoms with van der Waals surface area (Å²) in [6.07, 6.45) is 1.49. The zero-order valence-corrected chi connectivity index (χ0v) is 16.0. The summed E-state index contributed by atoms with van der Waals surface area (Å²) in [5, 5.41) is 0. The van der Waals surface area contributed by atoms with Gasteiger partial charge in [-0.1, -0.05) is 13.8 Å². The standard InChI is InChI=1S/C20H23F2N3O3/c1-11(2)14-4-7-28-18(14)20(27)24-5-6-25(12(3)10-24)19(26)15-8-13(21)9-16(22)17(15)23/h4,7-9,11-12H,5-6,10,23H2,1-3H3/t12-/m0/s1. The highest BCUT2D eigenvalue weighted by Gasteiger charge is 2.33. The number of nitrogen functional groups attached to an aromatic ring is 1. The van der Waals surface area contributed by atoms with Crippen LogP contribution in [0.2, 0.25) is 0 Å². The highest BCUT2D eigenvalue weighted by atomic mass is 19.1. The topological polar surface area (TPSA) is 79.8 Å². The van der Waals surface area contributed by atoms with E-state index < -0.39 is 17.5 Å². The van der Waals surface area contributed by atoms with E-state index in [4.69, 9.17) is 10.2 Å². The summed E-state index contributed by atoms with van der Waals surface area (Å²) in [6.45, 7) is 6.51. The lowest BCUT2D eigenvalue weighted by molar-refractivity contribution is 0.0398. The van der Waals surface area contributed by atoms with Crippen LogP contribution >= 0.6 is 0 Å². The summed E-state index contributed by atoms with van der Waals surface area (Å²) in [6, 6.07) is 3.00. The molecule has 2 amide bonds. The number of hydrogen-bond donors (Lipinski definition) is 1. The second-order valence-electron chi connectivity index (χ2n) is 7.31. The van der Waals surface area contributed by atoms with Crippen LogP contribution in [-0.4, -0.2) is 47.3 Å². The van der Waals surface area contributed by atoms with Crippen molar-refractivity contribution in [2.24, 2.45) is 0 Å². The molecule has 0 saturated carbocycles. The molecule has 3 rings (SSSR count).